The molecule has 0 aliphatic heterocycles. The van der Waals surface area contributed by atoms with E-state index in [1.54, 1.807) is 38.5 Å². The van der Waals surface area contributed by atoms with Crippen LogP contribution in [0.25, 0.3) is 0 Å². The first-order chi connectivity index (χ1) is 10.2. The van der Waals surface area contributed by atoms with Crippen LogP contribution in [-0.2, 0) is 6.42 Å². The van der Waals surface area contributed by atoms with Crippen molar-refractivity contribution in [1.29, 1.82) is 0 Å². The largest absolute Gasteiger partial charge is 0.497 e. The molecule has 6 nitrogen and oxygen atoms in total. The smallest absolute Gasteiger partial charge is 0.216 e. The maximum atomic E-state index is 10.4. The zero-order valence-corrected chi connectivity index (χ0v) is 12.2. The lowest BCUT2D eigenvalue weighted by atomic mass is 10.0. The van der Waals surface area contributed by atoms with E-state index in [0.29, 0.717) is 35.1 Å². The Morgan fingerprint density at radius 1 is 1.05 bits per heavy atom. The van der Waals surface area contributed by atoms with Crippen LogP contribution in [-0.4, -0.2) is 36.4 Å². The van der Waals surface area contributed by atoms with Gasteiger partial charge < -0.3 is 19.3 Å². The molecule has 0 saturated heterocycles. The van der Waals surface area contributed by atoms with Crippen LogP contribution < -0.4 is 14.2 Å². The van der Waals surface area contributed by atoms with Crippen molar-refractivity contribution in [3.63, 3.8) is 0 Å². The highest BCUT2D eigenvalue weighted by Crippen LogP contribution is 2.31. The molecule has 1 aromatic heterocycles. The van der Waals surface area contributed by atoms with Gasteiger partial charge in [0.05, 0.1) is 33.1 Å². The number of ether oxygens (including phenoxy) is 3. The number of nitrogens with zero attached hydrogens (tertiary/aromatic N) is 2. The zero-order chi connectivity index (χ0) is 15.2. The van der Waals surface area contributed by atoms with E-state index in [-0.39, 0.29) is 0 Å². The highest BCUT2D eigenvalue weighted by atomic mass is 16.5. The molecule has 21 heavy (non-hydrogen) atoms. The van der Waals surface area contributed by atoms with E-state index in [1.807, 2.05) is 0 Å². The first kappa shape index (κ1) is 15.1. The van der Waals surface area contributed by atoms with Gasteiger partial charge in [0.25, 0.3) is 0 Å². The Kier molecular flexibility index (Phi) is 4.94. The van der Waals surface area contributed by atoms with Gasteiger partial charge in [-0.1, -0.05) is 0 Å². The molecule has 2 rings (SSSR count). The molecule has 0 aliphatic carbocycles. The molecule has 0 saturated carbocycles. The van der Waals surface area contributed by atoms with E-state index < -0.39 is 6.10 Å². The van der Waals surface area contributed by atoms with Crippen LogP contribution in [0.1, 0.15) is 17.4 Å². The molecule has 0 amide bonds. The second kappa shape index (κ2) is 6.90. The predicted octanol–water partition coefficient (Wildman–Crippen LogP) is 1.78. The number of hydrogen-bond donors (Lipinski definition) is 1. The lowest BCUT2D eigenvalue weighted by Crippen LogP contribution is -2.06. The normalized spacial score (nSPS) is 11.8. The molecule has 0 aliphatic rings. The molecule has 6 heteroatoms. The van der Waals surface area contributed by atoms with Crippen LogP contribution in [0, 0.1) is 0 Å². The van der Waals surface area contributed by atoms with Crippen LogP contribution in [0.4, 0.5) is 0 Å². The van der Waals surface area contributed by atoms with E-state index >= 15 is 0 Å². The second-order valence-corrected chi connectivity index (χ2v) is 4.38. The molecule has 1 aromatic carbocycles. The van der Waals surface area contributed by atoms with Crippen molar-refractivity contribution in [2.75, 3.05) is 21.3 Å². The van der Waals surface area contributed by atoms with Crippen molar-refractivity contribution < 1.29 is 19.3 Å². The van der Waals surface area contributed by atoms with E-state index in [4.69, 9.17) is 14.2 Å². The minimum atomic E-state index is -0.745. The monoisotopic (exact) mass is 290 g/mol. The topological polar surface area (TPSA) is 73.7 Å². The average molecular weight is 290 g/mol. The molecule has 0 radical (unpaired) electrons. The van der Waals surface area contributed by atoms with Crippen LogP contribution in [0.2, 0.25) is 0 Å². The molecule has 112 valence electrons. The van der Waals surface area contributed by atoms with Crippen molar-refractivity contribution in [1.82, 2.24) is 9.97 Å². The van der Waals surface area contributed by atoms with E-state index in [0.717, 1.165) is 0 Å². The number of aliphatic hydroxyl groups is 1. The molecule has 1 unspecified atom stereocenters. The number of methoxy groups -OCH3 is 3. The summed E-state index contributed by atoms with van der Waals surface area (Å²) in [5.41, 5.74) is 1.36. The molecule has 1 atom stereocenters. The number of benzene rings is 1. The fourth-order valence-corrected chi connectivity index (χ4v) is 2.00. The molecule has 0 bridgehead atoms. The minimum absolute atomic E-state index is 0.335. The van der Waals surface area contributed by atoms with Gasteiger partial charge in [0.15, 0.2) is 0 Å². The Labute approximate surface area is 123 Å². The summed E-state index contributed by atoms with van der Waals surface area (Å²) in [6.07, 6.45) is 0.999. The summed E-state index contributed by atoms with van der Waals surface area (Å²) in [4.78, 5) is 8.06. The van der Waals surface area contributed by atoms with Gasteiger partial charge in [-0.05, 0) is 12.1 Å². The Morgan fingerprint density at radius 2 is 1.86 bits per heavy atom. The molecule has 2 aromatic rings. The van der Waals surface area contributed by atoms with Crippen molar-refractivity contribution in [3.05, 3.63) is 41.9 Å². The standard InChI is InChI=1S/C15H18N2O4/c1-19-11-4-5-12(14(8-11)20-2)13(18)6-10-7-15(21-3)17-9-16-10/h4-5,7-9,13,18H,6H2,1-3H3. The van der Waals surface area contributed by atoms with Crippen LogP contribution in [0.5, 0.6) is 17.4 Å². The summed E-state index contributed by atoms with van der Waals surface area (Å²) in [5.74, 6) is 1.71. The van der Waals surface area contributed by atoms with Gasteiger partial charge >= 0.3 is 0 Å². The molecular formula is C15H18N2O4. The summed E-state index contributed by atoms with van der Waals surface area (Å²) in [7, 11) is 4.67. The molecule has 0 fully saturated rings. The highest BCUT2D eigenvalue weighted by Gasteiger charge is 2.16. The van der Waals surface area contributed by atoms with Gasteiger partial charge in [-0.25, -0.2) is 9.97 Å². The SMILES string of the molecule is COc1ccc(C(O)Cc2cc(OC)ncn2)c(OC)c1. The average Bonchev–Trinajstić information content (AvgIpc) is 2.54. The minimum Gasteiger partial charge on any atom is -0.497 e. The van der Waals surface area contributed by atoms with E-state index in [2.05, 4.69) is 9.97 Å². The Bertz CT molecular complexity index is 604. The lowest BCUT2D eigenvalue weighted by molar-refractivity contribution is 0.172. The second-order valence-electron chi connectivity index (χ2n) is 4.38. The van der Waals surface area contributed by atoms with Gasteiger partial charge in [0, 0.05) is 24.1 Å². The zero-order valence-electron chi connectivity index (χ0n) is 12.2. The third kappa shape index (κ3) is 3.61. The first-order valence-electron chi connectivity index (χ1n) is 6.42. The fraction of sp³-hybridized carbons (Fsp3) is 0.333. The maximum absolute atomic E-state index is 10.4. The Morgan fingerprint density at radius 3 is 2.52 bits per heavy atom. The summed E-state index contributed by atoms with van der Waals surface area (Å²) < 4.78 is 15.5. The molecule has 1 N–H and O–H groups in total. The number of hydrogen-bond acceptors (Lipinski definition) is 6. The maximum Gasteiger partial charge on any atom is 0.216 e. The van der Waals surface area contributed by atoms with Gasteiger partial charge in [-0.15, -0.1) is 0 Å². The quantitative estimate of drug-likeness (QED) is 0.874. The molecule has 1 heterocycles. The number of aliphatic hydroxyl groups excluding tert-OH is 1. The van der Waals surface area contributed by atoms with Crippen LogP contribution in [0.3, 0.4) is 0 Å². The Balaban J connectivity index is 2.21. The third-order valence-electron chi connectivity index (χ3n) is 3.11. The van der Waals surface area contributed by atoms with Crippen molar-refractivity contribution in [2.45, 2.75) is 12.5 Å². The summed E-state index contributed by atoms with van der Waals surface area (Å²) in [6.45, 7) is 0. The van der Waals surface area contributed by atoms with Crippen molar-refractivity contribution in [2.24, 2.45) is 0 Å². The van der Waals surface area contributed by atoms with E-state index in [9.17, 15) is 5.11 Å². The fourth-order valence-electron chi connectivity index (χ4n) is 2.00. The van der Waals surface area contributed by atoms with Gasteiger partial charge in [-0.2, -0.15) is 0 Å². The molecular weight excluding hydrogens is 272 g/mol. The predicted molar refractivity (Wildman–Crippen MR) is 76.8 cm³/mol. The van der Waals surface area contributed by atoms with Crippen molar-refractivity contribution >= 4 is 0 Å². The first-order valence-corrected chi connectivity index (χ1v) is 6.42. The van der Waals surface area contributed by atoms with Gasteiger partial charge in [-0.3, -0.25) is 0 Å². The number of aromatic nitrogens is 2. The summed E-state index contributed by atoms with van der Waals surface area (Å²) >= 11 is 0. The van der Waals surface area contributed by atoms with Crippen LogP contribution >= 0.6 is 0 Å². The Hall–Kier alpha value is -2.34. The number of rotatable bonds is 6. The van der Waals surface area contributed by atoms with Crippen molar-refractivity contribution in [3.8, 4) is 17.4 Å². The summed E-state index contributed by atoms with van der Waals surface area (Å²) in [6, 6.07) is 6.99. The van der Waals surface area contributed by atoms with Crippen LogP contribution in [0.15, 0.2) is 30.6 Å². The summed E-state index contributed by atoms with van der Waals surface area (Å²) in [5, 5.41) is 10.4. The van der Waals surface area contributed by atoms with Gasteiger partial charge in [0.1, 0.15) is 17.8 Å². The van der Waals surface area contributed by atoms with E-state index in [1.165, 1.54) is 13.4 Å². The molecule has 0 spiro atoms. The highest BCUT2D eigenvalue weighted by molar-refractivity contribution is 5.42. The third-order valence-corrected chi connectivity index (χ3v) is 3.11. The lowest BCUT2D eigenvalue weighted by Gasteiger charge is -2.15. The van der Waals surface area contributed by atoms with Gasteiger partial charge in [0.2, 0.25) is 5.88 Å².